The van der Waals surface area contributed by atoms with Crippen molar-refractivity contribution in [3.8, 4) is 0 Å². The topological polar surface area (TPSA) is 144 Å². The van der Waals surface area contributed by atoms with Crippen LogP contribution < -0.4 is 16.0 Å². The lowest BCUT2D eigenvalue weighted by Gasteiger charge is -2.30. The van der Waals surface area contributed by atoms with Gasteiger partial charge in [0.15, 0.2) is 5.78 Å². The fraction of sp³-hybridized carbons (Fsp3) is 0.321. The van der Waals surface area contributed by atoms with E-state index in [-0.39, 0.29) is 19.3 Å². The fourth-order valence-corrected chi connectivity index (χ4v) is 4.21. The van der Waals surface area contributed by atoms with Gasteiger partial charge in [-0.25, -0.2) is 4.39 Å². The van der Waals surface area contributed by atoms with E-state index in [4.69, 9.17) is 5.41 Å². The summed E-state index contributed by atoms with van der Waals surface area (Å²) in [6, 6.07) is 11.1. The van der Waals surface area contributed by atoms with Crippen LogP contribution in [0, 0.1) is 11.2 Å². The van der Waals surface area contributed by atoms with Crippen LogP contribution in [0.3, 0.4) is 0 Å². The largest absolute Gasteiger partial charge is 0.361 e. The molecular formula is C28H32FN5O4. The van der Waals surface area contributed by atoms with Crippen LogP contribution in [0.25, 0.3) is 10.9 Å². The number of hydrogen-bond donors (Lipinski definition) is 5. The first-order chi connectivity index (χ1) is 18.0. The third-order valence-electron chi connectivity index (χ3n) is 6.27. The number of aromatic nitrogens is 1. The van der Waals surface area contributed by atoms with Gasteiger partial charge in [0.25, 0.3) is 0 Å². The van der Waals surface area contributed by atoms with E-state index in [0.717, 1.165) is 16.5 Å². The number of Topliss-reactive ketones (excluding diaryl/α,β-unsaturated/α-hetero) is 1. The summed E-state index contributed by atoms with van der Waals surface area (Å²) in [5, 5.41) is 16.2. The van der Waals surface area contributed by atoms with Crippen LogP contribution >= 0.6 is 0 Å². The average molecular weight is 522 g/mol. The molecule has 0 fully saturated rings. The number of ketones is 1. The molecule has 2 aromatic carbocycles. The highest BCUT2D eigenvalue weighted by Gasteiger charge is 2.31. The second-order valence-corrected chi connectivity index (χ2v) is 9.65. The fourth-order valence-electron chi connectivity index (χ4n) is 4.21. The Labute approximate surface area is 220 Å². The number of aromatic amines is 1. The first-order valence-corrected chi connectivity index (χ1v) is 12.2. The number of para-hydroxylation sites is 1. The van der Waals surface area contributed by atoms with Gasteiger partial charge < -0.3 is 26.3 Å². The number of nitrogens with one attached hydrogen (secondary N) is 5. The summed E-state index contributed by atoms with van der Waals surface area (Å²) >= 11 is 0. The standard InChI is InChI=1S/C28H32FN5O4/c1-17(35)32-25(14-18-16-31-23-7-5-4-6-22(18)23)26(37)33-24(13-12-21(36)15-30)27(38)34-28(2,3)19-8-10-20(29)11-9-19/h4-11,15-16,24-25,30-31H,12-14H2,1-3H3,(H,32,35)(H,33,37)(H,34,38)/t24-,25-/m0/s1. The molecule has 0 saturated carbocycles. The van der Waals surface area contributed by atoms with Crippen LogP contribution in [0.2, 0.25) is 0 Å². The monoisotopic (exact) mass is 521 g/mol. The van der Waals surface area contributed by atoms with Gasteiger partial charge in [-0.15, -0.1) is 0 Å². The lowest BCUT2D eigenvalue weighted by molar-refractivity contribution is -0.132. The van der Waals surface area contributed by atoms with Crippen LogP contribution in [-0.2, 0) is 31.1 Å². The van der Waals surface area contributed by atoms with Gasteiger partial charge in [0.2, 0.25) is 17.7 Å². The third-order valence-corrected chi connectivity index (χ3v) is 6.27. The van der Waals surface area contributed by atoms with Crippen molar-refractivity contribution in [2.45, 2.75) is 57.7 Å². The summed E-state index contributed by atoms with van der Waals surface area (Å²) in [7, 11) is 0. The van der Waals surface area contributed by atoms with Crippen molar-refractivity contribution in [3.05, 3.63) is 71.7 Å². The van der Waals surface area contributed by atoms with E-state index in [2.05, 4.69) is 20.9 Å². The Morgan fingerprint density at radius 2 is 1.68 bits per heavy atom. The van der Waals surface area contributed by atoms with Crippen molar-refractivity contribution in [1.82, 2.24) is 20.9 Å². The number of halogens is 1. The van der Waals surface area contributed by atoms with Crippen LogP contribution in [0.15, 0.2) is 54.7 Å². The SMILES string of the molecule is CC(=O)N[C@@H](Cc1c[nH]c2ccccc12)C(=O)N[C@@H](CCC(=O)C=N)C(=O)NC(C)(C)c1ccc(F)cc1. The van der Waals surface area contributed by atoms with Crippen LogP contribution in [0.1, 0.15) is 44.7 Å². The average Bonchev–Trinajstić information content (AvgIpc) is 3.28. The number of H-pyrrole nitrogens is 1. The number of benzene rings is 2. The van der Waals surface area contributed by atoms with Gasteiger partial charge in [0.1, 0.15) is 17.9 Å². The highest BCUT2D eigenvalue weighted by molar-refractivity contribution is 6.26. The molecule has 2 atom stereocenters. The first-order valence-electron chi connectivity index (χ1n) is 12.2. The number of carbonyl (C=O) groups is 4. The smallest absolute Gasteiger partial charge is 0.243 e. The molecule has 9 nitrogen and oxygen atoms in total. The van der Waals surface area contributed by atoms with Crippen LogP contribution in [-0.4, -0.2) is 46.8 Å². The first kappa shape index (κ1) is 28.2. The van der Waals surface area contributed by atoms with E-state index >= 15 is 0 Å². The quantitative estimate of drug-likeness (QED) is 0.234. The molecule has 3 aromatic rings. The van der Waals surface area contributed by atoms with Crippen molar-refractivity contribution in [2.75, 3.05) is 0 Å². The normalized spacial score (nSPS) is 12.8. The van der Waals surface area contributed by atoms with Crippen LogP contribution in [0.4, 0.5) is 4.39 Å². The molecule has 0 bridgehead atoms. The Balaban J connectivity index is 1.81. The lowest BCUT2D eigenvalue weighted by atomic mass is 9.93. The van der Waals surface area contributed by atoms with Gasteiger partial charge in [-0.3, -0.25) is 19.2 Å². The minimum Gasteiger partial charge on any atom is -0.361 e. The molecule has 3 amide bonds. The van der Waals surface area contributed by atoms with Gasteiger partial charge in [-0.05, 0) is 49.6 Å². The molecule has 0 aliphatic carbocycles. The van der Waals surface area contributed by atoms with Gasteiger partial charge >= 0.3 is 0 Å². The molecule has 200 valence electrons. The molecule has 0 aliphatic heterocycles. The molecule has 10 heteroatoms. The Bertz CT molecular complexity index is 1330. The van der Waals surface area contributed by atoms with Gasteiger partial charge in [-0.2, -0.15) is 0 Å². The van der Waals surface area contributed by atoms with Crippen LogP contribution in [0.5, 0.6) is 0 Å². The highest BCUT2D eigenvalue weighted by Crippen LogP contribution is 2.21. The zero-order valence-corrected chi connectivity index (χ0v) is 21.6. The molecule has 0 saturated heterocycles. The highest BCUT2D eigenvalue weighted by atomic mass is 19.1. The van der Waals surface area contributed by atoms with E-state index in [1.807, 2.05) is 24.3 Å². The van der Waals surface area contributed by atoms with Gasteiger partial charge in [0, 0.05) is 36.9 Å². The Morgan fingerprint density at radius 1 is 1.00 bits per heavy atom. The zero-order valence-electron chi connectivity index (χ0n) is 21.6. The second kappa shape index (κ2) is 12.3. The zero-order chi connectivity index (χ0) is 27.9. The van der Waals surface area contributed by atoms with Gasteiger partial charge in [-0.1, -0.05) is 30.3 Å². The van der Waals surface area contributed by atoms with E-state index in [1.54, 1.807) is 32.2 Å². The summed E-state index contributed by atoms with van der Waals surface area (Å²) in [5.41, 5.74) is 1.42. The molecular weight excluding hydrogens is 489 g/mol. The number of hydrogen-bond acceptors (Lipinski definition) is 5. The van der Waals surface area contributed by atoms with Crippen molar-refractivity contribution in [3.63, 3.8) is 0 Å². The summed E-state index contributed by atoms with van der Waals surface area (Å²) in [6.45, 7) is 4.77. The molecule has 1 heterocycles. The van der Waals surface area contributed by atoms with E-state index in [9.17, 15) is 23.6 Å². The minimum absolute atomic E-state index is 0.0504. The predicted octanol–water partition coefficient (Wildman–Crippen LogP) is 2.89. The molecule has 0 unspecified atom stereocenters. The maximum atomic E-state index is 13.4. The van der Waals surface area contributed by atoms with Gasteiger partial charge in [0.05, 0.1) is 11.8 Å². The predicted molar refractivity (Wildman–Crippen MR) is 142 cm³/mol. The summed E-state index contributed by atoms with van der Waals surface area (Å²) in [5.74, 6) is -2.47. The minimum atomic E-state index is -1.12. The number of carbonyl (C=O) groups excluding carboxylic acids is 4. The Kier molecular flexibility index (Phi) is 9.11. The number of amides is 3. The summed E-state index contributed by atoms with van der Waals surface area (Å²) < 4.78 is 13.4. The van der Waals surface area contributed by atoms with Crippen molar-refractivity contribution < 1.29 is 23.6 Å². The Morgan fingerprint density at radius 3 is 2.34 bits per heavy atom. The van der Waals surface area contributed by atoms with Crippen molar-refractivity contribution in [2.24, 2.45) is 0 Å². The van der Waals surface area contributed by atoms with Crippen molar-refractivity contribution >= 4 is 40.6 Å². The molecule has 0 radical (unpaired) electrons. The maximum absolute atomic E-state index is 13.4. The molecule has 1 aromatic heterocycles. The maximum Gasteiger partial charge on any atom is 0.243 e. The number of rotatable bonds is 12. The number of fused-ring (bicyclic) bond motifs is 1. The molecule has 5 N–H and O–H groups in total. The lowest BCUT2D eigenvalue weighted by Crippen LogP contribution is -2.56. The van der Waals surface area contributed by atoms with E-state index in [1.165, 1.54) is 19.1 Å². The molecule has 38 heavy (non-hydrogen) atoms. The molecule has 0 aliphatic rings. The summed E-state index contributed by atoms with van der Waals surface area (Å²) in [4.78, 5) is 53.5. The Hall–Kier alpha value is -4.34. The second-order valence-electron chi connectivity index (χ2n) is 9.65. The molecule has 0 spiro atoms. The van der Waals surface area contributed by atoms with E-state index in [0.29, 0.717) is 11.8 Å². The van der Waals surface area contributed by atoms with E-state index < -0.39 is 46.9 Å². The molecule has 3 rings (SSSR count). The van der Waals surface area contributed by atoms with Crippen molar-refractivity contribution in [1.29, 1.82) is 5.41 Å². The third kappa shape index (κ3) is 7.34. The summed E-state index contributed by atoms with van der Waals surface area (Å²) in [6.07, 6.45) is 2.42.